The van der Waals surface area contributed by atoms with Gasteiger partial charge in [-0.3, -0.25) is 4.79 Å². The van der Waals surface area contributed by atoms with E-state index in [2.05, 4.69) is 19.2 Å². The molecule has 1 saturated carbocycles. The zero-order valence-electron chi connectivity index (χ0n) is 11.5. The number of nitrogens with one attached hydrogen (secondary N) is 1. The number of hydrogen-bond donors (Lipinski definition) is 1. The Labute approximate surface area is 105 Å². The van der Waals surface area contributed by atoms with E-state index in [0.29, 0.717) is 5.92 Å². The van der Waals surface area contributed by atoms with Gasteiger partial charge in [0.05, 0.1) is 7.11 Å². The standard InChI is InChI=1S/C14H27NO2/c1-4-11(2)13(14(16)17-3)15-10-12-8-6-5-7-9-12/h11-13,15H,4-10H2,1-3H3/t11-,13-/m0/s1. The Kier molecular flexibility index (Phi) is 6.56. The summed E-state index contributed by atoms with van der Waals surface area (Å²) in [5.74, 6) is 0.973. The molecule has 0 radical (unpaired) electrons. The number of rotatable bonds is 6. The summed E-state index contributed by atoms with van der Waals surface area (Å²) in [6.07, 6.45) is 7.68. The molecule has 0 heterocycles. The molecular weight excluding hydrogens is 214 g/mol. The Morgan fingerprint density at radius 2 is 2.00 bits per heavy atom. The van der Waals surface area contributed by atoms with Crippen molar-refractivity contribution in [2.24, 2.45) is 11.8 Å². The average Bonchev–Trinajstić information content (AvgIpc) is 2.39. The first kappa shape index (κ1) is 14.5. The number of ether oxygens (including phenoxy) is 1. The van der Waals surface area contributed by atoms with Crippen molar-refractivity contribution in [3.8, 4) is 0 Å². The average molecular weight is 241 g/mol. The van der Waals surface area contributed by atoms with Crippen molar-refractivity contribution in [2.45, 2.75) is 58.4 Å². The van der Waals surface area contributed by atoms with Crippen LogP contribution in [0.2, 0.25) is 0 Å². The summed E-state index contributed by atoms with van der Waals surface area (Å²) < 4.78 is 4.87. The molecule has 0 bridgehead atoms. The van der Waals surface area contributed by atoms with E-state index in [1.807, 2.05) is 0 Å². The molecule has 1 aliphatic carbocycles. The van der Waals surface area contributed by atoms with Crippen molar-refractivity contribution in [3.63, 3.8) is 0 Å². The van der Waals surface area contributed by atoms with Crippen molar-refractivity contribution < 1.29 is 9.53 Å². The monoisotopic (exact) mass is 241 g/mol. The first-order chi connectivity index (χ1) is 8.19. The van der Waals surface area contributed by atoms with Crippen LogP contribution in [0.1, 0.15) is 52.4 Å². The normalized spacial score (nSPS) is 20.9. The summed E-state index contributed by atoms with van der Waals surface area (Å²) in [6.45, 7) is 5.18. The molecular formula is C14H27NO2. The van der Waals surface area contributed by atoms with Gasteiger partial charge >= 0.3 is 5.97 Å². The summed E-state index contributed by atoms with van der Waals surface area (Å²) in [5, 5.41) is 3.42. The van der Waals surface area contributed by atoms with Crippen molar-refractivity contribution >= 4 is 5.97 Å². The molecule has 0 aromatic carbocycles. The van der Waals surface area contributed by atoms with Gasteiger partial charge < -0.3 is 10.1 Å². The molecule has 0 spiro atoms. The Hall–Kier alpha value is -0.570. The van der Waals surface area contributed by atoms with E-state index in [4.69, 9.17) is 4.74 Å². The highest BCUT2D eigenvalue weighted by atomic mass is 16.5. The molecule has 3 nitrogen and oxygen atoms in total. The lowest BCUT2D eigenvalue weighted by Gasteiger charge is -2.27. The number of hydrogen-bond acceptors (Lipinski definition) is 3. The van der Waals surface area contributed by atoms with Gasteiger partial charge in [-0.05, 0) is 31.2 Å². The van der Waals surface area contributed by atoms with Crippen LogP contribution in [-0.2, 0) is 9.53 Å². The fourth-order valence-electron chi connectivity index (χ4n) is 2.56. The first-order valence-electron chi connectivity index (χ1n) is 7.00. The van der Waals surface area contributed by atoms with E-state index in [-0.39, 0.29) is 12.0 Å². The number of carbonyl (C=O) groups is 1. The van der Waals surface area contributed by atoms with Gasteiger partial charge in [0, 0.05) is 0 Å². The molecule has 100 valence electrons. The minimum atomic E-state index is -0.132. The molecule has 1 rings (SSSR count). The van der Waals surface area contributed by atoms with E-state index in [1.165, 1.54) is 39.2 Å². The highest BCUT2D eigenvalue weighted by molar-refractivity contribution is 5.75. The molecule has 1 N–H and O–H groups in total. The molecule has 17 heavy (non-hydrogen) atoms. The van der Waals surface area contributed by atoms with Gasteiger partial charge in [-0.15, -0.1) is 0 Å². The van der Waals surface area contributed by atoms with Crippen molar-refractivity contribution in [2.75, 3.05) is 13.7 Å². The minimum absolute atomic E-state index is 0.116. The lowest BCUT2D eigenvalue weighted by atomic mass is 9.88. The van der Waals surface area contributed by atoms with Gasteiger partial charge in [-0.1, -0.05) is 39.5 Å². The van der Waals surface area contributed by atoms with Gasteiger partial charge in [-0.2, -0.15) is 0 Å². The van der Waals surface area contributed by atoms with E-state index in [9.17, 15) is 4.79 Å². The molecule has 0 aliphatic heterocycles. The number of methoxy groups -OCH3 is 1. The third-order valence-corrected chi connectivity index (χ3v) is 4.02. The lowest BCUT2D eigenvalue weighted by Crippen LogP contribution is -2.44. The number of esters is 1. The van der Waals surface area contributed by atoms with Crippen LogP contribution in [-0.4, -0.2) is 25.7 Å². The van der Waals surface area contributed by atoms with Crippen LogP contribution in [0.25, 0.3) is 0 Å². The quantitative estimate of drug-likeness (QED) is 0.727. The van der Waals surface area contributed by atoms with Crippen LogP contribution in [0, 0.1) is 11.8 Å². The SMILES string of the molecule is CC[C@H](C)[C@H](NCC1CCCCC1)C(=O)OC. The number of carbonyl (C=O) groups excluding carboxylic acids is 1. The maximum absolute atomic E-state index is 11.7. The molecule has 0 aromatic rings. The fraction of sp³-hybridized carbons (Fsp3) is 0.929. The van der Waals surface area contributed by atoms with Gasteiger partial charge in [0.15, 0.2) is 0 Å². The minimum Gasteiger partial charge on any atom is -0.468 e. The van der Waals surface area contributed by atoms with Crippen LogP contribution < -0.4 is 5.32 Å². The third-order valence-electron chi connectivity index (χ3n) is 4.02. The third kappa shape index (κ3) is 4.66. The molecule has 0 amide bonds. The second-order valence-corrected chi connectivity index (χ2v) is 5.30. The topological polar surface area (TPSA) is 38.3 Å². The Morgan fingerprint density at radius 1 is 1.35 bits per heavy atom. The van der Waals surface area contributed by atoms with Gasteiger partial charge in [0.25, 0.3) is 0 Å². The predicted octanol–water partition coefficient (Wildman–Crippen LogP) is 2.74. The zero-order valence-corrected chi connectivity index (χ0v) is 11.5. The van der Waals surface area contributed by atoms with Crippen LogP contribution in [0.5, 0.6) is 0 Å². The zero-order chi connectivity index (χ0) is 12.7. The molecule has 2 atom stereocenters. The highest BCUT2D eigenvalue weighted by Crippen LogP contribution is 2.23. The predicted molar refractivity (Wildman–Crippen MR) is 69.8 cm³/mol. The van der Waals surface area contributed by atoms with Gasteiger partial charge in [0.1, 0.15) is 6.04 Å². The van der Waals surface area contributed by atoms with Crippen molar-refractivity contribution in [1.29, 1.82) is 0 Å². The summed E-state index contributed by atoms with van der Waals surface area (Å²) in [7, 11) is 1.47. The van der Waals surface area contributed by atoms with Gasteiger partial charge in [-0.25, -0.2) is 0 Å². The second kappa shape index (κ2) is 7.70. The largest absolute Gasteiger partial charge is 0.468 e. The Bertz CT molecular complexity index is 224. The molecule has 3 heteroatoms. The Balaban J connectivity index is 2.39. The summed E-state index contributed by atoms with van der Waals surface area (Å²) in [6, 6.07) is -0.132. The van der Waals surface area contributed by atoms with Crippen molar-refractivity contribution in [1.82, 2.24) is 5.32 Å². The van der Waals surface area contributed by atoms with E-state index >= 15 is 0 Å². The maximum Gasteiger partial charge on any atom is 0.323 e. The summed E-state index contributed by atoms with van der Waals surface area (Å²) in [5.41, 5.74) is 0. The summed E-state index contributed by atoms with van der Waals surface area (Å²) in [4.78, 5) is 11.7. The summed E-state index contributed by atoms with van der Waals surface area (Å²) >= 11 is 0. The van der Waals surface area contributed by atoms with E-state index in [0.717, 1.165) is 18.9 Å². The first-order valence-corrected chi connectivity index (χ1v) is 7.00. The molecule has 0 saturated heterocycles. The van der Waals surface area contributed by atoms with E-state index < -0.39 is 0 Å². The van der Waals surface area contributed by atoms with Crippen LogP contribution in [0.3, 0.4) is 0 Å². The van der Waals surface area contributed by atoms with Crippen LogP contribution in [0.15, 0.2) is 0 Å². The van der Waals surface area contributed by atoms with E-state index in [1.54, 1.807) is 0 Å². The fourth-order valence-corrected chi connectivity index (χ4v) is 2.56. The van der Waals surface area contributed by atoms with Crippen LogP contribution >= 0.6 is 0 Å². The smallest absolute Gasteiger partial charge is 0.323 e. The molecule has 0 aromatic heterocycles. The highest BCUT2D eigenvalue weighted by Gasteiger charge is 2.25. The molecule has 1 aliphatic rings. The lowest BCUT2D eigenvalue weighted by molar-refractivity contribution is -0.144. The maximum atomic E-state index is 11.7. The second-order valence-electron chi connectivity index (χ2n) is 5.30. The molecule has 0 unspecified atom stereocenters. The molecule has 1 fully saturated rings. The van der Waals surface area contributed by atoms with Gasteiger partial charge in [0.2, 0.25) is 0 Å². The Morgan fingerprint density at radius 3 is 2.53 bits per heavy atom. The van der Waals surface area contributed by atoms with Crippen molar-refractivity contribution in [3.05, 3.63) is 0 Å². The van der Waals surface area contributed by atoms with Crippen LogP contribution in [0.4, 0.5) is 0 Å².